The van der Waals surface area contributed by atoms with Gasteiger partial charge in [-0.15, -0.1) is 0 Å². The summed E-state index contributed by atoms with van der Waals surface area (Å²) in [4.78, 5) is 12.9. The SMILES string of the molecule is CC(C)(C)[Si](C)(C)OC[C@@H]1C[C@H](O[Si](C)(C)C(C)(C)C)[C@H](n2cnc3c(N)ncnc32)O1. The molecular weight excluding hydrogens is 438 g/mol. The molecule has 0 aromatic carbocycles. The Balaban J connectivity index is 1.89. The van der Waals surface area contributed by atoms with Gasteiger partial charge in [-0.3, -0.25) is 4.57 Å². The second-order valence-electron chi connectivity index (χ2n) is 12.0. The van der Waals surface area contributed by atoms with Crippen molar-refractivity contribution in [2.24, 2.45) is 0 Å². The lowest BCUT2D eigenvalue weighted by atomic mass is 10.2. The third-order valence-corrected chi connectivity index (χ3v) is 16.5. The van der Waals surface area contributed by atoms with E-state index in [1.54, 1.807) is 6.33 Å². The normalized spacial score (nSPS) is 23.2. The van der Waals surface area contributed by atoms with Gasteiger partial charge in [-0.25, -0.2) is 15.0 Å². The number of imidazole rings is 1. The van der Waals surface area contributed by atoms with Crippen LogP contribution in [0.25, 0.3) is 11.2 Å². The Labute approximate surface area is 194 Å². The maximum atomic E-state index is 6.85. The van der Waals surface area contributed by atoms with Gasteiger partial charge in [0.25, 0.3) is 0 Å². The van der Waals surface area contributed by atoms with E-state index in [9.17, 15) is 0 Å². The Morgan fingerprint density at radius 1 is 1.03 bits per heavy atom. The van der Waals surface area contributed by atoms with E-state index >= 15 is 0 Å². The molecule has 10 heteroatoms. The van der Waals surface area contributed by atoms with Gasteiger partial charge in [0, 0.05) is 6.42 Å². The Hall–Kier alpha value is -1.34. The Bertz CT molecular complexity index is 949. The van der Waals surface area contributed by atoms with E-state index in [1.807, 2.05) is 4.57 Å². The molecule has 32 heavy (non-hydrogen) atoms. The topological polar surface area (TPSA) is 97.3 Å². The van der Waals surface area contributed by atoms with Crippen LogP contribution in [0.2, 0.25) is 36.3 Å². The molecule has 1 aliphatic heterocycles. The smallest absolute Gasteiger partial charge is 0.192 e. The predicted octanol–water partition coefficient (Wildman–Crippen LogP) is 5.11. The van der Waals surface area contributed by atoms with E-state index in [0.29, 0.717) is 23.6 Å². The summed E-state index contributed by atoms with van der Waals surface area (Å²) in [7, 11) is -3.90. The van der Waals surface area contributed by atoms with Crippen LogP contribution in [0.3, 0.4) is 0 Å². The monoisotopic (exact) mass is 479 g/mol. The molecule has 1 saturated heterocycles. The maximum Gasteiger partial charge on any atom is 0.192 e. The third kappa shape index (κ3) is 4.94. The number of nitrogens with zero attached hydrogens (tertiary/aromatic N) is 4. The van der Waals surface area contributed by atoms with Crippen LogP contribution in [-0.4, -0.2) is 55.0 Å². The summed E-state index contributed by atoms with van der Waals surface area (Å²) < 4.78 is 21.8. The first-order valence-corrected chi connectivity index (χ1v) is 17.3. The van der Waals surface area contributed by atoms with Gasteiger partial charge in [0.05, 0.1) is 25.1 Å². The van der Waals surface area contributed by atoms with Crippen molar-refractivity contribution in [3.05, 3.63) is 12.7 Å². The lowest BCUT2D eigenvalue weighted by molar-refractivity contribution is -0.0443. The highest BCUT2D eigenvalue weighted by Gasteiger charge is 2.46. The molecular formula is C22H41N5O3Si2. The van der Waals surface area contributed by atoms with E-state index in [4.69, 9.17) is 19.3 Å². The summed E-state index contributed by atoms with van der Waals surface area (Å²) in [5, 5.41) is 0.244. The first kappa shape index (κ1) is 25.3. The number of rotatable bonds is 6. The van der Waals surface area contributed by atoms with Crippen molar-refractivity contribution in [2.45, 2.75) is 103 Å². The van der Waals surface area contributed by atoms with Crippen LogP contribution in [0, 0.1) is 0 Å². The van der Waals surface area contributed by atoms with Crippen LogP contribution < -0.4 is 5.73 Å². The lowest BCUT2D eigenvalue weighted by Crippen LogP contribution is -2.45. The fraction of sp³-hybridized carbons (Fsp3) is 0.773. The molecule has 0 spiro atoms. The highest BCUT2D eigenvalue weighted by atomic mass is 28.4. The van der Waals surface area contributed by atoms with Crippen LogP contribution in [0.1, 0.15) is 54.2 Å². The van der Waals surface area contributed by atoms with Gasteiger partial charge in [-0.1, -0.05) is 41.5 Å². The van der Waals surface area contributed by atoms with Crippen LogP contribution in [0.15, 0.2) is 12.7 Å². The van der Waals surface area contributed by atoms with Crippen molar-refractivity contribution >= 4 is 33.6 Å². The zero-order valence-electron chi connectivity index (χ0n) is 21.4. The van der Waals surface area contributed by atoms with Gasteiger partial charge in [0.1, 0.15) is 11.8 Å². The van der Waals surface area contributed by atoms with Crippen molar-refractivity contribution < 1.29 is 13.6 Å². The highest BCUT2D eigenvalue weighted by Crippen LogP contribution is 2.43. The number of hydrogen-bond acceptors (Lipinski definition) is 7. The number of nitrogen functional groups attached to an aromatic ring is 1. The number of nitrogens with two attached hydrogens (primary N) is 1. The average Bonchev–Trinajstić information content (AvgIpc) is 3.22. The molecule has 0 saturated carbocycles. The molecule has 0 aliphatic carbocycles. The zero-order chi connectivity index (χ0) is 24.1. The maximum absolute atomic E-state index is 6.85. The fourth-order valence-electron chi connectivity index (χ4n) is 3.30. The molecule has 2 N–H and O–H groups in total. The fourth-order valence-corrected chi connectivity index (χ4v) is 5.66. The van der Waals surface area contributed by atoms with Crippen molar-refractivity contribution in [3.63, 3.8) is 0 Å². The average molecular weight is 480 g/mol. The Morgan fingerprint density at radius 2 is 1.66 bits per heavy atom. The molecule has 180 valence electrons. The first-order valence-electron chi connectivity index (χ1n) is 11.4. The minimum absolute atomic E-state index is 0.0551. The second kappa shape index (κ2) is 8.46. The molecule has 2 aromatic rings. The summed E-state index contributed by atoms with van der Waals surface area (Å²) in [6.07, 6.45) is 3.47. The predicted molar refractivity (Wildman–Crippen MR) is 133 cm³/mol. The minimum Gasteiger partial charge on any atom is -0.414 e. The van der Waals surface area contributed by atoms with Crippen LogP contribution in [0.4, 0.5) is 5.82 Å². The number of fused-ring (bicyclic) bond motifs is 1. The Morgan fingerprint density at radius 3 is 2.25 bits per heavy atom. The van der Waals surface area contributed by atoms with E-state index in [-0.39, 0.29) is 28.5 Å². The molecule has 3 rings (SSSR count). The summed E-state index contributed by atoms with van der Waals surface area (Å²) >= 11 is 0. The quantitative estimate of drug-likeness (QED) is 0.575. The van der Waals surface area contributed by atoms with Gasteiger partial charge in [0.15, 0.2) is 34.3 Å². The summed E-state index contributed by atoms with van der Waals surface area (Å²) in [6.45, 7) is 23.2. The molecule has 3 heterocycles. The number of aromatic nitrogens is 4. The van der Waals surface area contributed by atoms with Gasteiger partial charge in [-0.05, 0) is 36.3 Å². The molecule has 2 aromatic heterocycles. The number of hydrogen-bond donors (Lipinski definition) is 1. The molecule has 1 fully saturated rings. The summed E-state index contributed by atoms with van der Waals surface area (Å²) in [5.74, 6) is 0.367. The van der Waals surface area contributed by atoms with Gasteiger partial charge >= 0.3 is 0 Å². The van der Waals surface area contributed by atoms with Crippen LogP contribution >= 0.6 is 0 Å². The van der Waals surface area contributed by atoms with Crippen LogP contribution in [0.5, 0.6) is 0 Å². The second-order valence-corrected chi connectivity index (χ2v) is 21.5. The molecule has 3 atom stereocenters. The van der Waals surface area contributed by atoms with Crippen molar-refractivity contribution in [1.29, 1.82) is 0 Å². The molecule has 0 radical (unpaired) electrons. The van der Waals surface area contributed by atoms with Crippen molar-refractivity contribution in [1.82, 2.24) is 19.5 Å². The zero-order valence-corrected chi connectivity index (χ0v) is 23.4. The van der Waals surface area contributed by atoms with E-state index in [0.717, 1.165) is 6.42 Å². The first-order chi connectivity index (χ1) is 14.5. The van der Waals surface area contributed by atoms with Gasteiger partial charge < -0.3 is 19.3 Å². The summed E-state index contributed by atoms with van der Waals surface area (Å²) in [5.41, 5.74) is 7.27. The molecule has 0 bridgehead atoms. The van der Waals surface area contributed by atoms with E-state index in [1.165, 1.54) is 6.33 Å². The molecule has 0 amide bonds. The molecule has 1 aliphatic rings. The molecule has 0 unspecified atom stereocenters. The highest BCUT2D eigenvalue weighted by molar-refractivity contribution is 6.74. The lowest BCUT2D eigenvalue weighted by Gasteiger charge is -2.39. The largest absolute Gasteiger partial charge is 0.414 e. The number of anilines is 1. The van der Waals surface area contributed by atoms with Crippen LogP contribution in [-0.2, 0) is 13.6 Å². The van der Waals surface area contributed by atoms with E-state index < -0.39 is 16.6 Å². The summed E-state index contributed by atoms with van der Waals surface area (Å²) in [6, 6.07) is 0. The van der Waals surface area contributed by atoms with Gasteiger partial charge in [-0.2, -0.15) is 0 Å². The van der Waals surface area contributed by atoms with E-state index in [2.05, 4.69) is 82.7 Å². The Kier molecular flexibility index (Phi) is 6.69. The van der Waals surface area contributed by atoms with Crippen molar-refractivity contribution in [2.75, 3.05) is 12.3 Å². The third-order valence-electron chi connectivity index (χ3n) is 7.49. The minimum atomic E-state index is -2.03. The standard InChI is InChI=1S/C22H41N5O3Si2/c1-21(2,3)31(7,8)28-12-15-11-16(30-32(9,10)22(4,5)6)20(29-15)27-14-26-17-18(23)24-13-25-19(17)27/h13-16,20H,11-12H2,1-10H3,(H2,23,24,25)/t15-,16-,20+/m0/s1. The molecule has 8 nitrogen and oxygen atoms in total. The van der Waals surface area contributed by atoms with Crippen molar-refractivity contribution in [3.8, 4) is 0 Å². The number of ether oxygens (including phenoxy) is 1. The van der Waals surface area contributed by atoms with Gasteiger partial charge in [0.2, 0.25) is 0 Å².